The lowest BCUT2D eigenvalue weighted by molar-refractivity contribution is -0.128. The van der Waals surface area contributed by atoms with Crippen LogP contribution in [0.4, 0.5) is 0 Å². The Morgan fingerprint density at radius 2 is 2.12 bits per heavy atom. The molecule has 16 heavy (non-hydrogen) atoms. The average molecular weight is 251 g/mol. The summed E-state index contributed by atoms with van der Waals surface area (Å²) in [7, 11) is 1.66. The SMILES string of the molecule is COC(C)(C)CNC(=O)C(C)C1CNC1.Cl. The number of methoxy groups -OCH3 is 1. The Kier molecular flexibility index (Phi) is 6.30. The van der Waals surface area contributed by atoms with Crippen molar-refractivity contribution < 1.29 is 9.53 Å². The molecule has 0 aromatic rings. The van der Waals surface area contributed by atoms with Crippen LogP contribution < -0.4 is 10.6 Å². The number of amides is 1. The van der Waals surface area contributed by atoms with Crippen molar-refractivity contribution in [3.8, 4) is 0 Å². The third kappa shape index (κ3) is 4.28. The monoisotopic (exact) mass is 250 g/mol. The van der Waals surface area contributed by atoms with E-state index in [0.717, 1.165) is 13.1 Å². The summed E-state index contributed by atoms with van der Waals surface area (Å²) >= 11 is 0. The van der Waals surface area contributed by atoms with Crippen LogP contribution in [-0.2, 0) is 9.53 Å². The van der Waals surface area contributed by atoms with Gasteiger partial charge in [-0.15, -0.1) is 12.4 Å². The fourth-order valence-electron chi connectivity index (χ4n) is 1.41. The van der Waals surface area contributed by atoms with Gasteiger partial charge in [0.15, 0.2) is 0 Å². The van der Waals surface area contributed by atoms with Gasteiger partial charge < -0.3 is 15.4 Å². The lowest BCUT2D eigenvalue weighted by atomic mass is 9.88. The second-order valence-corrected chi connectivity index (χ2v) is 4.89. The van der Waals surface area contributed by atoms with Crippen LogP contribution in [0.15, 0.2) is 0 Å². The molecular formula is C11H23ClN2O2. The fraction of sp³-hybridized carbons (Fsp3) is 0.909. The first-order valence-corrected chi connectivity index (χ1v) is 5.50. The molecule has 0 aliphatic carbocycles. The molecule has 1 unspecified atom stereocenters. The zero-order valence-electron chi connectivity index (χ0n) is 10.5. The molecule has 0 radical (unpaired) electrons. The van der Waals surface area contributed by atoms with E-state index in [2.05, 4.69) is 10.6 Å². The lowest BCUT2D eigenvalue weighted by Gasteiger charge is -2.32. The molecule has 1 aliphatic rings. The number of carbonyl (C=O) groups excluding carboxylic acids is 1. The van der Waals surface area contributed by atoms with Crippen molar-refractivity contribution in [3.63, 3.8) is 0 Å². The number of hydrogen-bond acceptors (Lipinski definition) is 3. The minimum Gasteiger partial charge on any atom is -0.377 e. The first-order chi connectivity index (χ1) is 6.96. The van der Waals surface area contributed by atoms with Crippen LogP contribution >= 0.6 is 12.4 Å². The van der Waals surface area contributed by atoms with E-state index >= 15 is 0 Å². The molecular weight excluding hydrogens is 228 g/mol. The molecule has 5 heteroatoms. The van der Waals surface area contributed by atoms with Gasteiger partial charge in [-0.25, -0.2) is 0 Å². The molecule has 1 rings (SSSR count). The van der Waals surface area contributed by atoms with Crippen molar-refractivity contribution in [1.82, 2.24) is 10.6 Å². The quantitative estimate of drug-likeness (QED) is 0.759. The first kappa shape index (κ1) is 15.7. The largest absolute Gasteiger partial charge is 0.377 e. The van der Waals surface area contributed by atoms with Crippen molar-refractivity contribution in [3.05, 3.63) is 0 Å². The zero-order valence-corrected chi connectivity index (χ0v) is 11.3. The third-order valence-electron chi connectivity index (χ3n) is 3.17. The van der Waals surface area contributed by atoms with E-state index in [-0.39, 0.29) is 29.8 Å². The third-order valence-corrected chi connectivity index (χ3v) is 3.17. The Morgan fingerprint density at radius 1 is 1.56 bits per heavy atom. The van der Waals surface area contributed by atoms with E-state index in [4.69, 9.17) is 4.74 Å². The summed E-state index contributed by atoms with van der Waals surface area (Å²) in [5.74, 6) is 0.723. The maximum absolute atomic E-state index is 11.7. The first-order valence-electron chi connectivity index (χ1n) is 5.50. The Labute approximate surface area is 104 Å². The van der Waals surface area contributed by atoms with Crippen LogP contribution in [0.25, 0.3) is 0 Å². The van der Waals surface area contributed by atoms with Crippen LogP contribution in [-0.4, -0.2) is 38.3 Å². The summed E-state index contributed by atoms with van der Waals surface area (Å²) < 4.78 is 5.24. The minimum atomic E-state index is -0.284. The molecule has 1 heterocycles. The molecule has 1 saturated heterocycles. The van der Waals surface area contributed by atoms with Gasteiger partial charge in [0.1, 0.15) is 0 Å². The highest BCUT2D eigenvalue weighted by Gasteiger charge is 2.29. The predicted molar refractivity (Wildman–Crippen MR) is 66.9 cm³/mol. The van der Waals surface area contributed by atoms with Crippen molar-refractivity contribution in [2.24, 2.45) is 11.8 Å². The van der Waals surface area contributed by atoms with Crippen LogP contribution in [0.3, 0.4) is 0 Å². The van der Waals surface area contributed by atoms with Crippen LogP contribution in [0, 0.1) is 11.8 Å². The number of halogens is 1. The van der Waals surface area contributed by atoms with Gasteiger partial charge in [-0.05, 0) is 32.9 Å². The zero-order chi connectivity index (χ0) is 11.5. The number of nitrogens with one attached hydrogen (secondary N) is 2. The van der Waals surface area contributed by atoms with Gasteiger partial charge in [0.25, 0.3) is 0 Å². The van der Waals surface area contributed by atoms with Gasteiger partial charge in [0.2, 0.25) is 5.91 Å². The molecule has 0 aromatic heterocycles. The highest BCUT2D eigenvalue weighted by molar-refractivity contribution is 5.85. The second-order valence-electron chi connectivity index (χ2n) is 4.89. The van der Waals surface area contributed by atoms with Gasteiger partial charge in [-0.2, -0.15) is 0 Å². The normalized spacial score (nSPS) is 18.2. The molecule has 4 nitrogen and oxygen atoms in total. The molecule has 96 valence electrons. The molecule has 0 spiro atoms. The highest BCUT2D eigenvalue weighted by atomic mass is 35.5. The summed E-state index contributed by atoms with van der Waals surface area (Å²) in [4.78, 5) is 11.7. The van der Waals surface area contributed by atoms with E-state index in [1.54, 1.807) is 7.11 Å². The van der Waals surface area contributed by atoms with E-state index in [0.29, 0.717) is 12.5 Å². The molecule has 1 aliphatic heterocycles. The van der Waals surface area contributed by atoms with Gasteiger partial charge in [0.05, 0.1) is 5.60 Å². The molecule has 1 fully saturated rings. The average Bonchev–Trinajstić information content (AvgIpc) is 2.11. The number of carbonyl (C=O) groups is 1. The van der Waals surface area contributed by atoms with E-state index in [9.17, 15) is 4.79 Å². The van der Waals surface area contributed by atoms with E-state index < -0.39 is 0 Å². The van der Waals surface area contributed by atoms with E-state index in [1.807, 2.05) is 20.8 Å². The van der Waals surface area contributed by atoms with E-state index in [1.165, 1.54) is 0 Å². The molecule has 0 aromatic carbocycles. The summed E-state index contributed by atoms with van der Waals surface area (Å²) in [5, 5.41) is 6.11. The number of ether oxygens (including phenoxy) is 1. The Bertz CT molecular complexity index is 230. The van der Waals surface area contributed by atoms with Crippen molar-refractivity contribution in [2.75, 3.05) is 26.7 Å². The maximum atomic E-state index is 11.7. The summed E-state index contributed by atoms with van der Waals surface area (Å²) in [6.07, 6.45) is 0. The maximum Gasteiger partial charge on any atom is 0.223 e. The lowest BCUT2D eigenvalue weighted by Crippen LogP contribution is -2.51. The predicted octanol–water partition coefficient (Wildman–Crippen LogP) is 0.805. The van der Waals surface area contributed by atoms with Crippen LogP contribution in [0.2, 0.25) is 0 Å². The standard InChI is InChI=1S/C11H22N2O2.ClH/c1-8(9-5-12-6-9)10(14)13-7-11(2,3)15-4;/h8-9,12H,5-7H2,1-4H3,(H,13,14);1H. The molecule has 1 atom stereocenters. The van der Waals surface area contributed by atoms with Gasteiger partial charge in [-0.3, -0.25) is 4.79 Å². The van der Waals surface area contributed by atoms with Gasteiger partial charge >= 0.3 is 0 Å². The molecule has 2 N–H and O–H groups in total. The van der Waals surface area contributed by atoms with Crippen molar-refractivity contribution >= 4 is 18.3 Å². The van der Waals surface area contributed by atoms with Gasteiger partial charge in [0, 0.05) is 19.6 Å². The smallest absolute Gasteiger partial charge is 0.223 e. The summed E-state index contributed by atoms with van der Waals surface area (Å²) in [6.45, 7) is 8.39. The Morgan fingerprint density at radius 3 is 2.50 bits per heavy atom. The number of hydrogen-bond donors (Lipinski definition) is 2. The Hall–Kier alpha value is -0.320. The molecule has 1 amide bonds. The molecule has 0 saturated carbocycles. The minimum absolute atomic E-state index is 0. The van der Waals surface area contributed by atoms with Crippen molar-refractivity contribution in [2.45, 2.75) is 26.4 Å². The number of rotatable bonds is 5. The van der Waals surface area contributed by atoms with Crippen LogP contribution in [0.5, 0.6) is 0 Å². The topological polar surface area (TPSA) is 50.4 Å². The highest BCUT2D eigenvalue weighted by Crippen LogP contribution is 2.16. The summed E-state index contributed by atoms with van der Waals surface area (Å²) in [6, 6.07) is 0. The van der Waals surface area contributed by atoms with Crippen LogP contribution in [0.1, 0.15) is 20.8 Å². The summed E-state index contributed by atoms with van der Waals surface area (Å²) in [5.41, 5.74) is -0.284. The molecule has 0 bridgehead atoms. The second kappa shape index (κ2) is 6.42. The Balaban J connectivity index is 0.00000225. The van der Waals surface area contributed by atoms with Crippen molar-refractivity contribution in [1.29, 1.82) is 0 Å². The van der Waals surface area contributed by atoms with Gasteiger partial charge in [-0.1, -0.05) is 6.92 Å². The fourth-order valence-corrected chi connectivity index (χ4v) is 1.41.